The standard InChI is InChI=1S/C18H16N2O3/c1-18(2,13-5-8-15-16(9-13)23-11-22-15)17(21)20-14-6-3-12(10-19)4-7-14/h3-9H,11H2,1-2H3,(H,20,21). The van der Waals surface area contributed by atoms with Crippen LogP contribution in [0.15, 0.2) is 42.5 Å². The fraction of sp³-hybridized carbons (Fsp3) is 0.222. The molecule has 0 saturated carbocycles. The molecule has 23 heavy (non-hydrogen) atoms. The minimum Gasteiger partial charge on any atom is -0.454 e. The van der Waals surface area contributed by atoms with E-state index in [-0.39, 0.29) is 12.7 Å². The summed E-state index contributed by atoms with van der Waals surface area (Å²) in [5.41, 5.74) is 1.31. The van der Waals surface area contributed by atoms with E-state index in [4.69, 9.17) is 14.7 Å². The number of carbonyl (C=O) groups excluding carboxylic acids is 1. The van der Waals surface area contributed by atoms with Crippen LogP contribution in [0.4, 0.5) is 5.69 Å². The van der Waals surface area contributed by atoms with E-state index >= 15 is 0 Å². The van der Waals surface area contributed by atoms with Gasteiger partial charge in [-0.25, -0.2) is 0 Å². The molecular formula is C18H16N2O3. The number of fused-ring (bicyclic) bond motifs is 1. The second-order valence-electron chi connectivity index (χ2n) is 5.84. The molecule has 0 aromatic heterocycles. The highest BCUT2D eigenvalue weighted by atomic mass is 16.7. The van der Waals surface area contributed by atoms with Gasteiger partial charge in [-0.3, -0.25) is 4.79 Å². The summed E-state index contributed by atoms with van der Waals surface area (Å²) in [6.45, 7) is 3.91. The van der Waals surface area contributed by atoms with Crippen LogP contribution in [0, 0.1) is 11.3 Å². The number of nitrogens with zero attached hydrogens (tertiary/aromatic N) is 1. The summed E-state index contributed by atoms with van der Waals surface area (Å²) in [7, 11) is 0. The molecule has 0 spiro atoms. The molecule has 116 valence electrons. The predicted molar refractivity (Wildman–Crippen MR) is 85.4 cm³/mol. The molecule has 1 aliphatic rings. The second kappa shape index (κ2) is 5.65. The molecule has 2 aromatic rings. The first-order chi connectivity index (χ1) is 11.0. The average Bonchev–Trinajstić information content (AvgIpc) is 3.03. The smallest absolute Gasteiger partial charge is 0.234 e. The molecule has 0 bridgehead atoms. The van der Waals surface area contributed by atoms with Crippen LogP contribution in [0.2, 0.25) is 0 Å². The maximum Gasteiger partial charge on any atom is 0.234 e. The maximum absolute atomic E-state index is 12.6. The zero-order valence-corrected chi connectivity index (χ0v) is 12.9. The number of hydrogen-bond acceptors (Lipinski definition) is 4. The van der Waals surface area contributed by atoms with Crippen molar-refractivity contribution in [1.82, 2.24) is 0 Å². The lowest BCUT2D eigenvalue weighted by molar-refractivity contribution is -0.120. The predicted octanol–water partition coefficient (Wildman–Crippen LogP) is 3.20. The number of carbonyl (C=O) groups is 1. The summed E-state index contributed by atoms with van der Waals surface area (Å²) in [5.74, 6) is 1.21. The Morgan fingerprint density at radius 3 is 2.52 bits per heavy atom. The van der Waals surface area contributed by atoms with Crippen LogP contribution in [-0.2, 0) is 10.2 Å². The molecule has 1 aliphatic heterocycles. The number of nitrogens with one attached hydrogen (secondary N) is 1. The highest BCUT2D eigenvalue weighted by Gasteiger charge is 2.31. The molecule has 1 heterocycles. The molecule has 1 N–H and O–H groups in total. The van der Waals surface area contributed by atoms with E-state index in [0.29, 0.717) is 22.7 Å². The molecule has 2 aromatic carbocycles. The monoisotopic (exact) mass is 308 g/mol. The first-order valence-electron chi connectivity index (χ1n) is 7.22. The Kier molecular flexibility index (Phi) is 3.67. The molecule has 1 amide bonds. The Balaban J connectivity index is 1.80. The number of nitriles is 1. The summed E-state index contributed by atoms with van der Waals surface area (Å²) in [5, 5.41) is 11.7. The highest BCUT2D eigenvalue weighted by molar-refractivity contribution is 5.98. The molecule has 0 aliphatic carbocycles. The molecule has 0 atom stereocenters. The summed E-state index contributed by atoms with van der Waals surface area (Å²) < 4.78 is 10.7. The van der Waals surface area contributed by atoms with Crippen molar-refractivity contribution < 1.29 is 14.3 Å². The lowest BCUT2D eigenvalue weighted by Crippen LogP contribution is -2.34. The lowest BCUT2D eigenvalue weighted by atomic mass is 9.83. The van der Waals surface area contributed by atoms with E-state index < -0.39 is 5.41 Å². The molecule has 0 fully saturated rings. The van der Waals surface area contributed by atoms with Gasteiger partial charge in [-0.05, 0) is 55.8 Å². The van der Waals surface area contributed by atoms with E-state index in [1.165, 1.54) is 0 Å². The number of ether oxygens (including phenoxy) is 2. The van der Waals surface area contributed by atoms with Gasteiger partial charge in [0.15, 0.2) is 11.5 Å². The van der Waals surface area contributed by atoms with Gasteiger partial charge in [0.25, 0.3) is 0 Å². The Morgan fingerprint density at radius 2 is 1.83 bits per heavy atom. The topological polar surface area (TPSA) is 71.4 Å². The Hall–Kier alpha value is -3.00. The van der Waals surface area contributed by atoms with Crippen molar-refractivity contribution in [3.8, 4) is 17.6 Å². The molecule has 0 saturated heterocycles. The van der Waals surface area contributed by atoms with Gasteiger partial charge in [0.05, 0.1) is 17.0 Å². The molecule has 3 rings (SSSR count). The van der Waals surface area contributed by atoms with Crippen LogP contribution in [0.5, 0.6) is 11.5 Å². The number of anilines is 1. The molecular weight excluding hydrogens is 292 g/mol. The van der Waals surface area contributed by atoms with E-state index in [2.05, 4.69) is 5.32 Å². The van der Waals surface area contributed by atoms with Gasteiger partial charge in [-0.15, -0.1) is 0 Å². The van der Waals surface area contributed by atoms with Crippen LogP contribution < -0.4 is 14.8 Å². The fourth-order valence-corrected chi connectivity index (χ4v) is 2.33. The Labute approximate surface area is 134 Å². The molecule has 0 unspecified atom stereocenters. The zero-order chi connectivity index (χ0) is 16.4. The fourth-order valence-electron chi connectivity index (χ4n) is 2.33. The van der Waals surface area contributed by atoms with E-state index in [1.54, 1.807) is 24.3 Å². The van der Waals surface area contributed by atoms with E-state index in [0.717, 1.165) is 5.56 Å². The van der Waals surface area contributed by atoms with Crippen LogP contribution in [0.3, 0.4) is 0 Å². The number of amides is 1. The third-order valence-electron chi connectivity index (χ3n) is 3.93. The van der Waals surface area contributed by atoms with Crippen LogP contribution in [0.1, 0.15) is 25.0 Å². The zero-order valence-electron chi connectivity index (χ0n) is 12.9. The van der Waals surface area contributed by atoms with Crippen molar-refractivity contribution in [3.63, 3.8) is 0 Å². The minimum atomic E-state index is -0.741. The largest absolute Gasteiger partial charge is 0.454 e. The van der Waals surface area contributed by atoms with Crippen molar-refractivity contribution in [1.29, 1.82) is 5.26 Å². The second-order valence-corrected chi connectivity index (χ2v) is 5.84. The summed E-state index contributed by atoms with van der Waals surface area (Å²) in [6, 6.07) is 14.3. The van der Waals surface area contributed by atoms with Crippen LogP contribution >= 0.6 is 0 Å². The van der Waals surface area contributed by atoms with Gasteiger partial charge in [0, 0.05) is 5.69 Å². The first kappa shape index (κ1) is 14.9. The van der Waals surface area contributed by atoms with Crippen LogP contribution in [0.25, 0.3) is 0 Å². The van der Waals surface area contributed by atoms with Crippen molar-refractivity contribution in [2.24, 2.45) is 0 Å². The van der Waals surface area contributed by atoms with Crippen LogP contribution in [-0.4, -0.2) is 12.7 Å². The van der Waals surface area contributed by atoms with Crippen molar-refractivity contribution in [2.45, 2.75) is 19.3 Å². The van der Waals surface area contributed by atoms with Gasteiger partial charge in [-0.1, -0.05) is 6.07 Å². The molecule has 5 heteroatoms. The number of rotatable bonds is 3. The van der Waals surface area contributed by atoms with Crippen molar-refractivity contribution in [3.05, 3.63) is 53.6 Å². The lowest BCUT2D eigenvalue weighted by Gasteiger charge is -2.24. The van der Waals surface area contributed by atoms with Gasteiger partial charge in [-0.2, -0.15) is 5.26 Å². The first-order valence-corrected chi connectivity index (χ1v) is 7.22. The van der Waals surface area contributed by atoms with Gasteiger partial charge >= 0.3 is 0 Å². The molecule has 5 nitrogen and oxygen atoms in total. The van der Waals surface area contributed by atoms with E-state index in [9.17, 15) is 4.79 Å². The molecule has 0 radical (unpaired) electrons. The SMILES string of the molecule is CC(C)(C(=O)Nc1ccc(C#N)cc1)c1ccc2c(c1)OCO2. The third-order valence-corrected chi connectivity index (χ3v) is 3.93. The Morgan fingerprint density at radius 1 is 1.13 bits per heavy atom. The third kappa shape index (κ3) is 2.84. The summed E-state index contributed by atoms with van der Waals surface area (Å²) in [4.78, 5) is 12.6. The average molecular weight is 308 g/mol. The van der Waals surface area contributed by atoms with E-state index in [1.807, 2.05) is 38.1 Å². The maximum atomic E-state index is 12.6. The van der Waals surface area contributed by atoms with Gasteiger partial charge in [0.1, 0.15) is 0 Å². The van der Waals surface area contributed by atoms with Crippen molar-refractivity contribution in [2.75, 3.05) is 12.1 Å². The Bertz CT molecular complexity index is 789. The summed E-state index contributed by atoms with van der Waals surface area (Å²) in [6.07, 6.45) is 0. The quantitative estimate of drug-likeness (QED) is 0.945. The number of benzene rings is 2. The number of hydrogen-bond donors (Lipinski definition) is 1. The minimum absolute atomic E-state index is 0.138. The van der Waals surface area contributed by atoms with Gasteiger partial charge in [0.2, 0.25) is 12.7 Å². The van der Waals surface area contributed by atoms with Gasteiger partial charge < -0.3 is 14.8 Å². The normalized spacial score (nSPS) is 12.6. The van der Waals surface area contributed by atoms with Crippen molar-refractivity contribution >= 4 is 11.6 Å². The summed E-state index contributed by atoms with van der Waals surface area (Å²) >= 11 is 0. The highest BCUT2D eigenvalue weighted by Crippen LogP contribution is 2.36.